The first kappa shape index (κ1) is 18.2. The van der Waals surface area contributed by atoms with Crippen molar-refractivity contribution in [2.45, 2.75) is 5.72 Å². The third kappa shape index (κ3) is 3.08. The Bertz CT molecular complexity index is 1130. The van der Waals surface area contributed by atoms with Crippen LogP contribution in [0.5, 0.6) is 0 Å². The van der Waals surface area contributed by atoms with Gasteiger partial charge in [0.25, 0.3) is 0 Å². The van der Waals surface area contributed by atoms with Gasteiger partial charge in [-0.3, -0.25) is 9.80 Å². The topological polar surface area (TPSA) is 71.9 Å². The summed E-state index contributed by atoms with van der Waals surface area (Å²) >= 11 is 0. The number of urea groups is 1. The molecule has 2 amide bonds. The highest BCUT2D eigenvalue weighted by Gasteiger charge is 2.51. The summed E-state index contributed by atoms with van der Waals surface area (Å²) < 4.78 is 0. The summed E-state index contributed by atoms with van der Waals surface area (Å²) in [7, 11) is 0. The molecule has 1 aliphatic rings. The van der Waals surface area contributed by atoms with Gasteiger partial charge in [-0.25, -0.2) is 9.64 Å². The van der Waals surface area contributed by atoms with Gasteiger partial charge in [-0.15, -0.1) is 0 Å². The van der Waals surface area contributed by atoms with Crippen LogP contribution in [0.1, 0.15) is 11.1 Å². The molecule has 140 valence electrons. The van der Waals surface area contributed by atoms with Crippen LogP contribution in [-0.2, 0) is 5.72 Å². The molecule has 6 heteroatoms. The first-order valence-corrected chi connectivity index (χ1v) is 8.94. The fourth-order valence-electron chi connectivity index (χ4n) is 3.48. The smallest absolute Gasteiger partial charge is 0.331 e. The van der Waals surface area contributed by atoms with E-state index in [2.05, 4.69) is 10.9 Å². The summed E-state index contributed by atoms with van der Waals surface area (Å²) in [5.41, 5.74) is 1.01. The van der Waals surface area contributed by atoms with E-state index in [4.69, 9.17) is 11.8 Å². The van der Waals surface area contributed by atoms with Gasteiger partial charge in [0.05, 0.1) is 24.7 Å². The van der Waals surface area contributed by atoms with E-state index in [1.807, 2.05) is 18.2 Å². The molecule has 1 atom stereocenters. The van der Waals surface area contributed by atoms with Gasteiger partial charge < -0.3 is 5.11 Å². The van der Waals surface area contributed by atoms with Gasteiger partial charge in [0.15, 0.2) is 11.4 Å². The fourth-order valence-corrected chi connectivity index (χ4v) is 3.48. The first-order chi connectivity index (χ1) is 14.1. The number of aliphatic hydroxyl groups is 1. The number of anilines is 2. The molecule has 0 radical (unpaired) electrons. The summed E-state index contributed by atoms with van der Waals surface area (Å²) in [6, 6.07) is 23.9. The van der Waals surface area contributed by atoms with Crippen molar-refractivity contribution in [3.63, 3.8) is 0 Å². The maximum Gasteiger partial charge on any atom is 0.331 e. The molecule has 0 aromatic heterocycles. The molecule has 1 fully saturated rings. The maximum atomic E-state index is 13.4. The summed E-state index contributed by atoms with van der Waals surface area (Å²) in [5.74, 6) is 0. The van der Waals surface area contributed by atoms with E-state index in [9.17, 15) is 9.90 Å². The van der Waals surface area contributed by atoms with Crippen LogP contribution < -0.4 is 9.80 Å². The van der Waals surface area contributed by atoms with E-state index < -0.39 is 11.8 Å². The molecule has 0 aliphatic carbocycles. The fraction of sp³-hybridized carbons (Fsp3) is 0.0870. The van der Waals surface area contributed by atoms with E-state index in [1.165, 1.54) is 9.80 Å². The third-order valence-corrected chi connectivity index (χ3v) is 4.95. The zero-order chi connectivity index (χ0) is 20.4. The minimum Gasteiger partial charge on any atom is -0.365 e. The molecule has 1 N–H and O–H groups in total. The molecule has 3 aromatic rings. The van der Waals surface area contributed by atoms with Crippen LogP contribution in [0.4, 0.5) is 21.9 Å². The van der Waals surface area contributed by atoms with Crippen molar-refractivity contribution in [2.75, 3.05) is 16.3 Å². The summed E-state index contributed by atoms with van der Waals surface area (Å²) in [6.45, 7) is 7.14. The molecule has 1 aliphatic heterocycles. The van der Waals surface area contributed by atoms with E-state index in [0.717, 1.165) is 0 Å². The third-order valence-electron chi connectivity index (χ3n) is 4.95. The van der Waals surface area contributed by atoms with Crippen molar-refractivity contribution in [1.29, 1.82) is 5.26 Å². The van der Waals surface area contributed by atoms with Crippen molar-refractivity contribution >= 4 is 23.1 Å². The molecule has 1 heterocycles. The number of rotatable bonds is 3. The lowest BCUT2D eigenvalue weighted by atomic mass is 10.0. The van der Waals surface area contributed by atoms with Gasteiger partial charge >= 0.3 is 6.03 Å². The molecule has 0 saturated carbocycles. The molecular formula is C23H16N4O2. The molecule has 0 spiro atoms. The number of nitriles is 1. The molecule has 4 rings (SSSR count). The lowest BCUT2D eigenvalue weighted by molar-refractivity contribution is 0.0655. The minimum atomic E-state index is -1.59. The molecule has 29 heavy (non-hydrogen) atoms. The van der Waals surface area contributed by atoms with Gasteiger partial charge in [-0.05, 0) is 36.4 Å². The summed E-state index contributed by atoms with van der Waals surface area (Å²) in [6.07, 6.45) is 0. The van der Waals surface area contributed by atoms with E-state index in [-0.39, 0.29) is 6.54 Å². The second-order valence-electron chi connectivity index (χ2n) is 6.67. The monoisotopic (exact) mass is 380 g/mol. The highest BCUT2D eigenvalue weighted by Crippen LogP contribution is 2.40. The maximum absolute atomic E-state index is 13.4. The standard InChI is InChI=1S/C23H16N4O2/c1-25-19-9-13-21(14-10-19)27-22(28)26(20-11-7-17(15-24)8-12-20)16-23(27,29)18-5-3-2-4-6-18/h2-14,29H,16H2. The van der Waals surface area contributed by atoms with Crippen molar-refractivity contribution in [3.05, 3.63) is 101 Å². The SMILES string of the molecule is [C-]#[N+]c1ccc(N2C(=O)N(c3ccc(C#N)cc3)CC2(O)c2ccccc2)cc1. The Morgan fingerprint density at radius 1 is 0.966 bits per heavy atom. The Morgan fingerprint density at radius 3 is 2.17 bits per heavy atom. The van der Waals surface area contributed by atoms with E-state index >= 15 is 0 Å². The largest absolute Gasteiger partial charge is 0.365 e. The lowest BCUT2D eigenvalue weighted by Crippen LogP contribution is -2.44. The van der Waals surface area contributed by atoms with Crippen molar-refractivity contribution in [2.24, 2.45) is 0 Å². The highest BCUT2D eigenvalue weighted by molar-refractivity contribution is 6.07. The summed E-state index contributed by atoms with van der Waals surface area (Å²) in [5, 5.41) is 20.7. The van der Waals surface area contributed by atoms with Crippen LogP contribution >= 0.6 is 0 Å². The highest BCUT2D eigenvalue weighted by atomic mass is 16.3. The van der Waals surface area contributed by atoms with Crippen molar-refractivity contribution < 1.29 is 9.90 Å². The van der Waals surface area contributed by atoms with Crippen LogP contribution in [0.25, 0.3) is 4.85 Å². The number of hydrogen-bond acceptors (Lipinski definition) is 3. The predicted octanol–water partition coefficient (Wildman–Crippen LogP) is 4.40. The normalized spacial score (nSPS) is 18.4. The molecule has 6 nitrogen and oxygen atoms in total. The number of benzene rings is 3. The number of hydrogen-bond donors (Lipinski definition) is 1. The van der Waals surface area contributed by atoms with Crippen LogP contribution in [0.15, 0.2) is 78.9 Å². The average molecular weight is 380 g/mol. The zero-order valence-electron chi connectivity index (χ0n) is 15.4. The molecule has 0 bridgehead atoms. The summed E-state index contributed by atoms with van der Waals surface area (Å²) in [4.78, 5) is 19.6. The van der Waals surface area contributed by atoms with Crippen molar-refractivity contribution in [3.8, 4) is 6.07 Å². The van der Waals surface area contributed by atoms with Gasteiger partial charge in [0, 0.05) is 16.9 Å². The van der Waals surface area contributed by atoms with E-state index in [0.29, 0.717) is 28.2 Å². The van der Waals surface area contributed by atoms with Gasteiger partial charge in [0.2, 0.25) is 0 Å². The van der Waals surface area contributed by atoms with Crippen LogP contribution in [-0.4, -0.2) is 17.7 Å². The van der Waals surface area contributed by atoms with Crippen molar-refractivity contribution in [1.82, 2.24) is 0 Å². The lowest BCUT2D eigenvalue weighted by Gasteiger charge is -2.32. The van der Waals surface area contributed by atoms with E-state index in [1.54, 1.807) is 60.7 Å². The Hall–Kier alpha value is -4.13. The number of β-amino-alcohol motifs (C(OH)–C–C–N with tert-alkyl or cyclic N) is 1. The van der Waals surface area contributed by atoms with Crippen LogP contribution in [0.3, 0.4) is 0 Å². The Morgan fingerprint density at radius 2 is 1.59 bits per heavy atom. The van der Waals surface area contributed by atoms with Gasteiger partial charge in [-0.2, -0.15) is 5.26 Å². The van der Waals surface area contributed by atoms with Crippen LogP contribution in [0.2, 0.25) is 0 Å². The second kappa shape index (κ2) is 7.12. The number of carbonyl (C=O) groups is 1. The molecule has 1 saturated heterocycles. The Labute approximate surface area is 168 Å². The zero-order valence-corrected chi connectivity index (χ0v) is 15.4. The first-order valence-electron chi connectivity index (χ1n) is 8.94. The average Bonchev–Trinajstić information content (AvgIpc) is 3.06. The molecule has 1 unspecified atom stereocenters. The Kier molecular flexibility index (Phi) is 4.48. The number of amides is 2. The number of carbonyl (C=O) groups excluding carboxylic acids is 1. The Balaban J connectivity index is 1.81. The minimum absolute atomic E-state index is 0.0202. The molecule has 3 aromatic carbocycles. The van der Waals surface area contributed by atoms with Gasteiger partial charge in [-0.1, -0.05) is 42.5 Å². The van der Waals surface area contributed by atoms with Crippen LogP contribution in [0, 0.1) is 17.9 Å². The number of nitrogens with zero attached hydrogens (tertiary/aromatic N) is 4. The van der Waals surface area contributed by atoms with Gasteiger partial charge in [0.1, 0.15) is 0 Å². The second-order valence-corrected chi connectivity index (χ2v) is 6.67. The predicted molar refractivity (Wildman–Crippen MR) is 109 cm³/mol. The quantitative estimate of drug-likeness (QED) is 0.685. The molecular weight excluding hydrogens is 364 g/mol.